The third-order valence-electron chi connectivity index (χ3n) is 3.77. The van der Waals surface area contributed by atoms with E-state index in [0.717, 1.165) is 16.6 Å². The fourth-order valence-corrected chi connectivity index (χ4v) is 3.28. The Hall–Kier alpha value is -1.23. The van der Waals surface area contributed by atoms with Gasteiger partial charge in [-0.15, -0.1) is 0 Å². The zero-order valence-corrected chi connectivity index (χ0v) is 12.7. The molecule has 5 heteroatoms. The molecule has 0 saturated carbocycles. The Morgan fingerprint density at radius 1 is 1.53 bits per heavy atom. The van der Waals surface area contributed by atoms with Gasteiger partial charge in [-0.3, -0.25) is 0 Å². The molecule has 0 aromatic heterocycles. The largest absolute Gasteiger partial charge is 0.409 e. The number of oxime groups is 1. The summed E-state index contributed by atoms with van der Waals surface area (Å²) in [6.45, 7) is 3.34. The highest BCUT2D eigenvalue weighted by molar-refractivity contribution is 9.10. The van der Waals surface area contributed by atoms with Crippen LogP contribution in [-0.4, -0.2) is 23.6 Å². The number of hydrogen-bond acceptors (Lipinski definition) is 3. The average Bonchev–Trinajstić information content (AvgIpc) is 2.46. The second kappa shape index (κ2) is 6.28. The van der Waals surface area contributed by atoms with Crippen LogP contribution in [0.25, 0.3) is 0 Å². The minimum Gasteiger partial charge on any atom is -0.409 e. The first-order chi connectivity index (χ1) is 9.17. The summed E-state index contributed by atoms with van der Waals surface area (Å²) in [7, 11) is 0. The number of anilines is 1. The van der Waals surface area contributed by atoms with Crippen LogP contribution < -0.4 is 10.6 Å². The molecule has 104 valence electrons. The highest BCUT2D eigenvalue weighted by Crippen LogP contribution is 2.30. The van der Waals surface area contributed by atoms with Gasteiger partial charge in [0.1, 0.15) is 0 Å². The standard InChI is InChI=1S/C14H20BrN3O/c1-2-10-5-3-4-8-18(10)11-6-7-12(13(15)9-11)14(16)17-19/h6-7,9-10,19H,2-5,8H2,1H3,(H2,16,17). The van der Waals surface area contributed by atoms with E-state index in [9.17, 15) is 0 Å². The van der Waals surface area contributed by atoms with E-state index in [-0.39, 0.29) is 5.84 Å². The molecule has 19 heavy (non-hydrogen) atoms. The first-order valence-corrected chi connectivity index (χ1v) is 7.50. The molecule has 2 rings (SSSR count). The van der Waals surface area contributed by atoms with Gasteiger partial charge in [0.15, 0.2) is 5.84 Å². The van der Waals surface area contributed by atoms with Gasteiger partial charge in [0.2, 0.25) is 0 Å². The van der Waals surface area contributed by atoms with Gasteiger partial charge >= 0.3 is 0 Å². The molecule has 1 atom stereocenters. The third-order valence-corrected chi connectivity index (χ3v) is 4.42. The molecule has 1 fully saturated rings. The summed E-state index contributed by atoms with van der Waals surface area (Å²) in [4.78, 5) is 2.46. The van der Waals surface area contributed by atoms with Crippen molar-refractivity contribution in [2.75, 3.05) is 11.4 Å². The summed E-state index contributed by atoms with van der Waals surface area (Å²) in [6.07, 6.45) is 4.99. The van der Waals surface area contributed by atoms with Crippen LogP contribution in [0, 0.1) is 0 Å². The van der Waals surface area contributed by atoms with Gasteiger partial charge in [-0.2, -0.15) is 0 Å². The van der Waals surface area contributed by atoms with Gasteiger partial charge in [-0.1, -0.05) is 12.1 Å². The zero-order chi connectivity index (χ0) is 13.8. The lowest BCUT2D eigenvalue weighted by molar-refractivity contribution is 0.318. The molecule has 0 spiro atoms. The van der Waals surface area contributed by atoms with Crippen molar-refractivity contribution in [2.45, 2.75) is 38.6 Å². The number of nitrogens with two attached hydrogens (primary N) is 1. The Morgan fingerprint density at radius 2 is 2.32 bits per heavy atom. The molecule has 0 radical (unpaired) electrons. The predicted molar refractivity (Wildman–Crippen MR) is 81.9 cm³/mol. The summed E-state index contributed by atoms with van der Waals surface area (Å²) in [5.41, 5.74) is 7.55. The summed E-state index contributed by atoms with van der Waals surface area (Å²) < 4.78 is 0.862. The highest BCUT2D eigenvalue weighted by atomic mass is 79.9. The summed E-state index contributed by atoms with van der Waals surface area (Å²) in [6, 6.07) is 6.62. The lowest BCUT2D eigenvalue weighted by Gasteiger charge is -2.37. The zero-order valence-electron chi connectivity index (χ0n) is 11.1. The lowest BCUT2D eigenvalue weighted by atomic mass is 9.99. The second-order valence-electron chi connectivity index (χ2n) is 4.90. The molecule has 0 amide bonds. The van der Waals surface area contributed by atoms with Gasteiger partial charge < -0.3 is 15.8 Å². The van der Waals surface area contributed by atoms with Crippen molar-refractivity contribution in [1.29, 1.82) is 0 Å². The number of nitrogens with zero attached hydrogens (tertiary/aromatic N) is 2. The monoisotopic (exact) mass is 325 g/mol. The second-order valence-corrected chi connectivity index (χ2v) is 5.75. The van der Waals surface area contributed by atoms with Crippen LogP contribution in [-0.2, 0) is 0 Å². The molecular formula is C14H20BrN3O. The van der Waals surface area contributed by atoms with Crippen LogP contribution in [0.15, 0.2) is 27.8 Å². The molecule has 1 unspecified atom stereocenters. The van der Waals surface area contributed by atoms with E-state index in [4.69, 9.17) is 10.9 Å². The van der Waals surface area contributed by atoms with E-state index in [0.29, 0.717) is 6.04 Å². The van der Waals surface area contributed by atoms with E-state index >= 15 is 0 Å². The molecule has 1 saturated heterocycles. The van der Waals surface area contributed by atoms with Gasteiger partial charge in [0.25, 0.3) is 0 Å². The van der Waals surface area contributed by atoms with Crippen molar-refractivity contribution >= 4 is 27.5 Å². The quantitative estimate of drug-likeness (QED) is 0.388. The molecule has 1 heterocycles. The number of benzene rings is 1. The molecule has 1 aliphatic rings. The molecule has 3 N–H and O–H groups in total. The van der Waals surface area contributed by atoms with Crippen molar-refractivity contribution in [3.63, 3.8) is 0 Å². The van der Waals surface area contributed by atoms with E-state index in [2.05, 4.69) is 39.0 Å². The normalized spacial score (nSPS) is 20.6. The van der Waals surface area contributed by atoms with E-state index < -0.39 is 0 Å². The van der Waals surface area contributed by atoms with Crippen molar-refractivity contribution in [3.05, 3.63) is 28.2 Å². The Bertz CT molecular complexity index is 476. The molecular weight excluding hydrogens is 306 g/mol. The van der Waals surface area contributed by atoms with Crippen LogP contribution in [0.3, 0.4) is 0 Å². The first-order valence-electron chi connectivity index (χ1n) is 6.71. The van der Waals surface area contributed by atoms with Crippen LogP contribution in [0.1, 0.15) is 38.2 Å². The van der Waals surface area contributed by atoms with Gasteiger partial charge in [-0.25, -0.2) is 0 Å². The van der Waals surface area contributed by atoms with Crippen molar-refractivity contribution < 1.29 is 5.21 Å². The predicted octanol–water partition coefficient (Wildman–Crippen LogP) is 3.31. The highest BCUT2D eigenvalue weighted by Gasteiger charge is 2.21. The third kappa shape index (κ3) is 3.03. The number of amidine groups is 1. The summed E-state index contributed by atoms with van der Waals surface area (Å²) in [5, 5.41) is 11.8. The fraction of sp³-hybridized carbons (Fsp3) is 0.500. The number of hydrogen-bond donors (Lipinski definition) is 2. The summed E-state index contributed by atoms with van der Waals surface area (Å²) in [5.74, 6) is 0.129. The Morgan fingerprint density at radius 3 is 2.95 bits per heavy atom. The maximum absolute atomic E-state index is 8.74. The number of piperidine rings is 1. The number of halogens is 1. The van der Waals surface area contributed by atoms with Gasteiger partial charge in [0, 0.05) is 28.3 Å². The van der Waals surface area contributed by atoms with Crippen molar-refractivity contribution in [1.82, 2.24) is 0 Å². The first kappa shape index (κ1) is 14.2. The van der Waals surface area contributed by atoms with Gasteiger partial charge in [-0.05, 0) is 59.8 Å². The number of rotatable bonds is 3. The Kier molecular flexibility index (Phi) is 4.69. The van der Waals surface area contributed by atoms with Crippen LogP contribution in [0.5, 0.6) is 0 Å². The molecule has 0 bridgehead atoms. The topological polar surface area (TPSA) is 61.8 Å². The van der Waals surface area contributed by atoms with E-state index in [1.165, 1.54) is 31.4 Å². The van der Waals surface area contributed by atoms with Crippen molar-refractivity contribution in [2.24, 2.45) is 10.9 Å². The lowest BCUT2D eigenvalue weighted by Crippen LogP contribution is -2.39. The molecule has 1 aliphatic heterocycles. The van der Waals surface area contributed by atoms with Gasteiger partial charge in [0.05, 0.1) is 0 Å². The van der Waals surface area contributed by atoms with Crippen LogP contribution in [0.4, 0.5) is 5.69 Å². The van der Waals surface area contributed by atoms with Crippen LogP contribution in [0.2, 0.25) is 0 Å². The van der Waals surface area contributed by atoms with E-state index in [1.807, 2.05) is 12.1 Å². The maximum atomic E-state index is 8.74. The molecule has 1 aromatic rings. The SMILES string of the molecule is CCC1CCCCN1c1ccc(/C(N)=N/O)c(Br)c1. The molecule has 4 nitrogen and oxygen atoms in total. The van der Waals surface area contributed by atoms with E-state index in [1.54, 1.807) is 0 Å². The fourth-order valence-electron chi connectivity index (χ4n) is 2.71. The van der Waals surface area contributed by atoms with Crippen molar-refractivity contribution in [3.8, 4) is 0 Å². The van der Waals surface area contributed by atoms with Crippen LogP contribution >= 0.6 is 15.9 Å². The molecule has 1 aromatic carbocycles. The minimum atomic E-state index is 0.129. The minimum absolute atomic E-state index is 0.129. The Balaban J connectivity index is 2.28. The smallest absolute Gasteiger partial charge is 0.171 e. The Labute approximate surface area is 122 Å². The maximum Gasteiger partial charge on any atom is 0.171 e. The molecule has 0 aliphatic carbocycles. The average molecular weight is 326 g/mol. The summed E-state index contributed by atoms with van der Waals surface area (Å²) >= 11 is 3.50.